The van der Waals surface area contributed by atoms with Gasteiger partial charge >= 0.3 is 12.1 Å². The molecular formula is C13H16F3NO3S. The average Bonchev–Trinajstić information content (AvgIpc) is 2.94. The molecule has 1 saturated heterocycles. The summed E-state index contributed by atoms with van der Waals surface area (Å²) >= 11 is 1.25. The lowest BCUT2D eigenvalue weighted by Crippen LogP contribution is -2.47. The van der Waals surface area contributed by atoms with Crippen LogP contribution in [0.1, 0.15) is 26.5 Å². The third-order valence-electron chi connectivity index (χ3n) is 3.66. The van der Waals surface area contributed by atoms with Crippen LogP contribution in [-0.4, -0.2) is 48.0 Å². The van der Waals surface area contributed by atoms with E-state index < -0.39 is 24.3 Å². The molecule has 0 unspecified atom stereocenters. The molecule has 0 saturated carbocycles. The summed E-state index contributed by atoms with van der Waals surface area (Å²) in [7, 11) is 1.28. The molecule has 0 amide bonds. The molecule has 0 bridgehead atoms. The van der Waals surface area contributed by atoms with Crippen LogP contribution in [0, 0.1) is 6.92 Å². The standard InChI is InChI=1S/C13H16F3NO3S/c1-8-9(5-10(21-8)11(18)20-2)6-17-4-3-12(19,7-17)13(14,15)16/h5,19H,3-4,6-7H2,1-2H3/t12-/m1/s1. The smallest absolute Gasteiger partial charge is 0.418 e. The van der Waals surface area contributed by atoms with E-state index in [-0.39, 0.29) is 19.5 Å². The summed E-state index contributed by atoms with van der Waals surface area (Å²) < 4.78 is 42.9. The highest BCUT2D eigenvalue weighted by Gasteiger charge is 2.56. The van der Waals surface area contributed by atoms with Gasteiger partial charge in [-0.25, -0.2) is 4.79 Å². The van der Waals surface area contributed by atoms with Gasteiger partial charge in [0.2, 0.25) is 0 Å². The number of β-amino-alcohol motifs (C(OH)–C–C–N with tert-alkyl or cyclic N) is 1. The fourth-order valence-electron chi connectivity index (χ4n) is 2.36. The number of esters is 1. The van der Waals surface area contributed by atoms with Gasteiger partial charge in [-0.15, -0.1) is 11.3 Å². The number of thiophene rings is 1. The quantitative estimate of drug-likeness (QED) is 0.868. The minimum Gasteiger partial charge on any atom is -0.465 e. The Bertz CT molecular complexity index is 543. The Morgan fingerprint density at radius 1 is 1.57 bits per heavy atom. The fraction of sp³-hybridized carbons (Fsp3) is 0.615. The zero-order chi connectivity index (χ0) is 15.8. The summed E-state index contributed by atoms with van der Waals surface area (Å²) in [5, 5.41) is 9.64. The normalized spacial score (nSPS) is 23.5. The fourth-order valence-corrected chi connectivity index (χ4v) is 3.31. The zero-order valence-corrected chi connectivity index (χ0v) is 12.5. The van der Waals surface area contributed by atoms with Crippen molar-refractivity contribution in [3.8, 4) is 0 Å². The number of likely N-dealkylation sites (tertiary alicyclic amines) is 1. The van der Waals surface area contributed by atoms with Gasteiger partial charge in [0.15, 0.2) is 5.60 Å². The molecular weight excluding hydrogens is 307 g/mol. The number of nitrogens with zero attached hydrogens (tertiary/aromatic N) is 1. The molecule has 0 radical (unpaired) electrons. The van der Waals surface area contributed by atoms with Gasteiger partial charge < -0.3 is 9.84 Å². The maximum atomic E-state index is 12.8. The maximum Gasteiger partial charge on any atom is 0.418 e. The number of hydrogen-bond donors (Lipinski definition) is 1. The number of aliphatic hydroxyl groups is 1. The van der Waals surface area contributed by atoms with Crippen LogP contribution in [0.25, 0.3) is 0 Å². The van der Waals surface area contributed by atoms with Crippen LogP contribution in [0.5, 0.6) is 0 Å². The van der Waals surface area contributed by atoms with E-state index in [9.17, 15) is 23.1 Å². The lowest BCUT2D eigenvalue weighted by atomic mass is 10.0. The van der Waals surface area contributed by atoms with Gasteiger partial charge in [0.1, 0.15) is 4.88 Å². The summed E-state index contributed by atoms with van der Waals surface area (Å²) in [6, 6.07) is 1.64. The summed E-state index contributed by atoms with van der Waals surface area (Å²) in [6.07, 6.45) is -4.95. The Balaban J connectivity index is 2.07. The molecule has 1 atom stereocenters. The second-order valence-corrected chi connectivity index (χ2v) is 6.43. The Morgan fingerprint density at radius 2 is 2.24 bits per heavy atom. The molecule has 118 valence electrons. The Hall–Kier alpha value is -1.12. The molecule has 1 aromatic heterocycles. The topological polar surface area (TPSA) is 49.8 Å². The van der Waals surface area contributed by atoms with Gasteiger partial charge in [-0.3, -0.25) is 4.90 Å². The molecule has 2 rings (SSSR count). The van der Waals surface area contributed by atoms with Crippen molar-refractivity contribution in [2.75, 3.05) is 20.2 Å². The summed E-state index contributed by atoms with van der Waals surface area (Å²) in [4.78, 5) is 14.3. The van der Waals surface area contributed by atoms with Gasteiger partial charge in [0.25, 0.3) is 0 Å². The monoisotopic (exact) mass is 323 g/mol. The molecule has 0 aliphatic carbocycles. The van der Waals surface area contributed by atoms with Crippen LogP contribution < -0.4 is 0 Å². The largest absolute Gasteiger partial charge is 0.465 e. The van der Waals surface area contributed by atoms with E-state index in [2.05, 4.69) is 4.74 Å². The first-order chi connectivity index (χ1) is 9.66. The Kier molecular flexibility index (Phi) is 4.32. The molecule has 8 heteroatoms. The summed E-state index contributed by atoms with van der Waals surface area (Å²) in [5.74, 6) is -0.456. The van der Waals surface area contributed by atoms with Crippen LogP contribution in [0.3, 0.4) is 0 Å². The third-order valence-corrected chi connectivity index (χ3v) is 4.73. The molecule has 1 aliphatic heterocycles. The number of carbonyl (C=O) groups is 1. The molecule has 1 aromatic rings. The first-order valence-electron chi connectivity index (χ1n) is 6.35. The van der Waals surface area contributed by atoms with Crippen LogP contribution in [0.2, 0.25) is 0 Å². The number of ether oxygens (including phenoxy) is 1. The van der Waals surface area contributed by atoms with Crippen LogP contribution in [0.4, 0.5) is 13.2 Å². The maximum absolute atomic E-state index is 12.8. The van der Waals surface area contributed by atoms with E-state index in [1.165, 1.54) is 18.4 Å². The highest BCUT2D eigenvalue weighted by molar-refractivity contribution is 7.14. The minimum atomic E-state index is -4.62. The Labute approximate surface area is 124 Å². The first-order valence-corrected chi connectivity index (χ1v) is 7.17. The van der Waals surface area contributed by atoms with Gasteiger partial charge in [0, 0.05) is 24.5 Å². The van der Waals surface area contributed by atoms with E-state index >= 15 is 0 Å². The van der Waals surface area contributed by atoms with Crippen LogP contribution in [-0.2, 0) is 11.3 Å². The van der Waals surface area contributed by atoms with Crippen molar-refractivity contribution >= 4 is 17.3 Å². The van der Waals surface area contributed by atoms with Crippen molar-refractivity contribution in [2.45, 2.75) is 31.7 Å². The van der Waals surface area contributed by atoms with E-state index in [0.717, 1.165) is 10.4 Å². The third kappa shape index (κ3) is 3.22. The number of halogens is 3. The van der Waals surface area contributed by atoms with Crippen LogP contribution in [0.15, 0.2) is 6.07 Å². The number of hydrogen-bond acceptors (Lipinski definition) is 5. The highest BCUT2D eigenvalue weighted by Crippen LogP contribution is 2.38. The number of aryl methyl sites for hydroxylation is 1. The Morgan fingerprint density at radius 3 is 2.76 bits per heavy atom. The first kappa shape index (κ1) is 16.3. The second kappa shape index (κ2) is 5.58. The van der Waals surface area contributed by atoms with Crippen molar-refractivity contribution in [2.24, 2.45) is 0 Å². The highest BCUT2D eigenvalue weighted by atomic mass is 32.1. The molecule has 1 fully saturated rings. The van der Waals surface area contributed by atoms with E-state index in [1.54, 1.807) is 17.9 Å². The predicted octanol–water partition coefficient (Wildman–Crippen LogP) is 2.34. The minimum absolute atomic E-state index is 0.166. The van der Waals surface area contributed by atoms with Crippen molar-refractivity contribution in [1.82, 2.24) is 4.90 Å². The summed E-state index contributed by atoms with van der Waals surface area (Å²) in [5.41, 5.74) is -1.85. The molecule has 4 nitrogen and oxygen atoms in total. The number of alkyl halides is 3. The van der Waals surface area contributed by atoms with Gasteiger partial charge in [0.05, 0.1) is 7.11 Å². The molecule has 1 aliphatic rings. The lowest BCUT2D eigenvalue weighted by molar-refractivity contribution is -0.254. The zero-order valence-electron chi connectivity index (χ0n) is 11.7. The SMILES string of the molecule is COC(=O)c1cc(CN2CC[C@](O)(C(F)(F)F)C2)c(C)s1. The van der Waals surface area contributed by atoms with Crippen molar-refractivity contribution < 1.29 is 27.8 Å². The molecule has 0 aromatic carbocycles. The molecule has 1 N–H and O–H groups in total. The molecule has 2 heterocycles. The molecule has 21 heavy (non-hydrogen) atoms. The van der Waals surface area contributed by atoms with Gasteiger partial charge in [-0.1, -0.05) is 0 Å². The van der Waals surface area contributed by atoms with Gasteiger partial charge in [-0.2, -0.15) is 13.2 Å². The number of rotatable bonds is 3. The van der Waals surface area contributed by atoms with E-state index in [1.807, 2.05) is 0 Å². The van der Waals surface area contributed by atoms with E-state index in [4.69, 9.17) is 0 Å². The molecule has 0 spiro atoms. The van der Waals surface area contributed by atoms with Gasteiger partial charge in [-0.05, 0) is 25.0 Å². The lowest BCUT2D eigenvalue weighted by Gasteiger charge is -2.26. The second-order valence-electron chi connectivity index (χ2n) is 5.17. The van der Waals surface area contributed by atoms with Crippen molar-refractivity contribution in [3.05, 3.63) is 21.4 Å². The number of carbonyl (C=O) groups excluding carboxylic acids is 1. The predicted molar refractivity (Wildman–Crippen MR) is 71.3 cm³/mol. The summed E-state index contributed by atoms with van der Waals surface area (Å²) in [6.45, 7) is 1.80. The average molecular weight is 323 g/mol. The van der Waals surface area contributed by atoms with Crippen molar-refractivity contribution in [3.63, 3.8) is 0 Å². The van der Waals surface area contributed by atoms with Crippen LogP contribution >= 0.6 is 11.3 Å². The van der Waals surface area contributed by atoms with Crippen molar-refractivity contribution in [1.29, 1.82) is 0 Å². The number of methoxy groups -OCH3 is 1. The van der Waals surface area contributed by atoms with E-state index in [0.29, 0.717) is 4.88 Å².